The standard InChI is InChI=1S/C11H19NO4/c1-4-16-7-9(8(2)3)12-10(13)5-6-11(14)15/h5-6,8-9H,4,7H2,1-3H3,(H,12,13)(H,14,15)/b6-5+. The van der Waals surface area contributed by atoms with Crippen molar-refractivity contribution in [2.45, 2.75) is 26.8 Å². The zero-order chi connectivity index (χ0) is 12.6. The van der Waals surface area contributed by atoms with Crippen molar-refractivity contribution in [1.82, 2.24) is 5.32 Å². The monoisotopic (exact) mass is 229 g/mol. The van der Waals surface area contributed by atoms with Gasteiger partial charge in [-0.1, -0.05) is 13.8 Å². The summed E-state index contributed by atoms with van der Waals surface area (Å²) in [5.74, 6) is -1.32. The number of hydrogen-bond donors (Lipinski definition) is 2. The molecule has 5 heteroatoms. The minimum absolute atomic E-state index is 0.106. The summed E-state index contributed by atoms with van der Waals surface area (Å²) in [7, 11) is 0. The molecule has 0 radical (unpaired) electrons. The molecule has 1 atom stereocenters. The summed E-state index contributed by atoms with van der Waals surface area (Å²) >= 11 is 0. The number of aliphatic carboxylic acids is 1. The Morgan fingerprint density at radius 3 is 2.44 bits per heavy atom. The summed E-state index contributed by atoms with van der Waals surface area (Å²) in [6.07, 6.45) is 1.82. The molecule has 1 unspecified atom stereocenters. The van der Waals surface area contributed by atoms with E-state index in [-0.39, 0.29) is 12.0 Å². The van der Waals surface area contributed by atoms with Crippen LogP contribution in [0.5, 0.6) is 0 Å². The minimum Gasteiger partial charge on any atom is -0.478 e. The van der Waals surface area contributed by atoms with Crippen LogP contribution in [0.25, 0.3) is 0 Å². The maximum Gasteiger partial charge on any atom is 0.328 e. The van der Waals surface area contributed by atoms with Gasteiger partial charge in [0.2, 0.25) is 5.91 Å². The Balaban J connectivity index is 4.17. The number of carbonyl (C=O) groups is 2. The molecule has 2 N–H and O–H groups in total. The molecule has 0 aliphatic rings. The summed E-state index contributed by atoms with van der Waals surface area (Å²) in [5, 5.41) is 11.0. The highest BCUT2D eigenvalue weighted by atomic mass is 16.5. The molecular formula is C11H19NO4. The van der Waals surface area contributed by atoms with Gasteiger partial charge in [0.15, 0.2) is 0 Å². The van der Waals surface area contributed by atoms with Crippen molar-refractivity contribution >= 4 is 11.9 Å². The Hall–Kier alpha value is -1.36. The third-order valence-electron chi connectivity index (χ3n) is 2.01. The van der Waals surface area contributed by atoms with E-state index in [2.05, 4.69) is 5.32 Å². The van der Waals surface area contributed by atoms with Gasteiger partial charge < -0.3 is 15.2 Å². The molecule has 5 nitrogen and oxygen atoms in total. The number of carboxylic acids is 1. The Morgan fingerprint density at radius 1 is 1.38 bits per heavy atom. The van der Waals surface area contributed by atoms with Crippen molar-refractivity contribution in [3.05, 3.63) is 12.2 Å². The van der Waals surface area contributed by atoms with Crippen LogP contribution in [0, 0.1) is 5.92 Å². The van der Waals surface area contributed by atoms with Crippen molar-refractivity contribution in [3.8, 4) is 0 Å². The molecule has 16 heavy (non-hydrogen) atoms. The first-order valence-electron chi connectivity index (χ1n) is 5.26. The fourth-order valence-corrected chi connectivity index (χ4v) is 1.02. The highest BCUT2D eigenvalue weighted by Crippen LogP contribution is 2.02. The maximum absolute atomic E-state index is 11.3. The first kappa shape index (κ1) is 14.6. The summed E-state index contributed by atoms with van der Waals surface area (Å²) in [4.78, 5) is 21.5. The van der Waals surface area contributed by atoms with Gasteiger partial charge in [-0.15, -0.1) is 0 Å². The number of ether oxygens (including phenoxy) is 1. The zero-order valence-corrected chi connectivity index (χ0v) is 9.90. The number of hydrogen-bond acceptors (Lipinski definition) is 3. The van der Waals surface area contributed by atoms with Gasteiger partial charge in [0, 0.05) is 18.8 Å². The Labute approximate surface area is 95.5 Å². The van der Waals surface area contributed by atoms with Gasteiger partial charge in [-0.2, -0.15) is 0 Å². The van der Waals surface area contributed by atoms with Crippen LogP contribution in [0.1, 0.15) is 20.8 Å². The minimum atomic E-state index is -1.14. The first-order chi connectivity index (χ1) is 7.47. The predicted molar refractivity (Wildman–Crippen MR) is 60.0 cm³/mol. The third-order valence-corrected chi connectivity index (χ3v) is 2.01. The van der Waals surface area contributed by atoms with Gasteiger partial charge in [0.25, 0.3) is 0 Å². The van der Waals surface area contributed by atoms with E-state index in [1.807, 2.05) is 20.8 Å². The van der Waals surface area contributed by atoms with Gasteiger partial charge in [0.1, 0.15) is 0 Å². The van der Waals surface area contributed by atoms with E-state index in [0.29, 0.717) is 13.2 Å². The number of nitrogens with one attached hydrogen (secondary N) is 1. The van der Waals surface area contributed by atoms with Gasteiger partial charge in [0.05, 0.1) is 12.6 Å². The molecule has 1 amide bonds. The van der Waals surface area contributed by atoms with Crippen LogP contribution < -0.4 is 5.32 Å². The second kappa shape index (κ2) is 7.87. The Kier molecular flexibility index (Phi) is 7.20. The zero-order valence-electron chi connectivity index (χ0n) is 9.90. The molecule has 0 bridgehead atoms. The fourth-order valence-electron chi connectivity index (χ4n) is 1.02. The van der Waals surface area contributed by atoms with Gasteiger partial charge >= 0.3 is 5.97 Å². The summed E-state index contributed by atoms with van der Waals surface area (Å²) in [6, 6.07) is -0.106. The lowest BCUT2D eigenvalue weighted by Crippen LogP contribution is -2.41. The SMILES string of the molecule is CCOCC(NC(=O)/C=C/C(=O)O)C(C)C. The van der Waals surface area contributed by atoms with Crippen LogP contribution >= 0.6 is 0 Å². The molecule has 0 fully saturated rings. The second-order valence-corrected chi connectivity index (χ2v) is 3.69. The first-order valence-corrected chi connectivity index (χ1v) is 5.26. The van der Waals surface area contributed by atoms with Crippen LogP contribution in [0.2, 0.25) is 0 Å². The van der Waals surface area contributed by atoms with Gasteiger partial charge in [-0.05, 0) is 12.8 Å². The smallest absolute Gasteiger partial charge is 0.328 e. The van der Waals surface area contributed by atoms with E-state index in [0.717, 1.165) is 12.2 Å². The van der Waals surface area contributed by atoms with E-state index in [1.54, 1.807) is 0 Å². The average molecular weight is 229 g/mol. The molecule has 0 aromatic heterocycles. The van der Waals surface area contributed by atoms with Crippen LogP contribution in [0.3, 0.4) is 0 Å². The van der Waals surface area contributed by atoms with Gasteiger partial charge in [-0.25, -0.2) is 4.79 Å². The van der Waals surface area contributed by atoms with Gasteiger partial charge in [-0.3, -0.25) is 4.79 Å². The maximum atomic E-state index is 11.3. The van der Waals surface area contributed by atoms with Crippen molar-refractivity contribution in [1.29, 1.82) is 0 Å². The van der Waals surface area contributed by atoms with Crippen molar-refractivity contribution < 1.29 is 19.4 Å². The fraction of sp³-hybridized carbons (Fsp3) is 0.636. The van der Waals surface area contributed by atoms with Crippen LogP contribution in [-0.4, -0.2) is 36.2 Å². The molecule has 0 saturated carbocycles. The van der Waals surface area contributed by atoms with E-state index in [4.69, 9.17) is 9.84 Å². The van der Waals surface area contributed by atoms with Crippen LogP contribution in [0.4, 0.5) is 0 Å². The molecule has 0 spiro atoms. The predicted octanol–water partition coefficient (Wildman–Crippen LogP) is 0.804. The van der Waals surface area contributed by atoms with Crippen LogP contribution in [-0.2, 0) is 14.3 Å². The number of carbonyl (C=O) groups excluding carboxylic acids is 1. The van der Waals surface area contributed by atoms with E-state index < -0.39 is 11.9 Å². The largest absolute Gasteiger partial charge is 0.478 e. The average Bonchev–Trinajstić information content (AvgIpc) is 2.20. The quantitative estimate of drug-likeness (QED) is 0.633. The van der Waals surface area contributed by atoms with E-state index in [1.165, 1.54) is 0 Å². The van der Waals surface area contributed by atoms with E-state index in [9.17, 15) is 9.59 Å². The highest BCUT2D eigenvalue weighted by Gasteiger charge is 2.14. The topological polar surface area (TPSA) is 75.6 Å². The molecule has 92 valence electrons. The molecular weight excluding hydrogens is 210 g/mol. The van der Waals surface area contributed by atoms with Crippen LogP contribution in [0.15, 0.2) is 12.2 Å². The normalized spacial score (nSPS) is 13.0. The number of amides is 1. The third kappa shape index (κ3) is 7.00. The molecule has 0 saturated heterocycles. The molecule has 0 aliphatic heterocycles. The Bertz CT molecular complexity index is 261. The lowest BCUT2D eigenvalue weighted by atomic mass is 10.1. The molecule has 0 aromatic carbocycles. The van der Waals surface area contributed by atoms with Crippen molar-refractivity contribution in [3.63, 3.8) is 0 Å². The molecule has 0 aliphatic carbocycles. The summed E-state index contributed by atoms with van der Waals surface area (Å²) in [6.45, 7) is 6.82. The van der Waals surface area contributed by atoms with Crippen molar-refractivity contribution in [2.75, 3.05) is 13.2 Å². The summed E-state index contributed by atoms with van der Waals surface area (Å²) < 4.78 is 5.23. The van der Waals surface area contributed by atoms with Crippen molar-refractivity contribution in [2.24, 2.45) is 5.92 Å². The highest BCUT2D eigenvalue weighted by molar-refractivity contribution is 5.93. The second-order valence-electron chi connectivity index (χ2n) is 3.69. The lowest BCUT2D eigenvalue weighted by molar-refractivity contribution is -0.131. The molecule has 0 heterocycles. The molecule has 0 rings (SSSR count). The molecule has 0 aromatic rings. The van der Waals surface area contributed by atoms with E-state index >= 15 is 0 Å². The summed E-state index contributed by atoms with van der Waals surface area (Å²) in [5.41, 5.74) is 0. The lowest BCUT2D eigenvalue weighted by Gasteiger charge is -2.21. The Morgan fingerprint density at radius 2 is 2.00 bits per heavy atom. The number of rotatable bonds is 7. The number of carboxylic acid groups (broad SMARTS) is 1.